The third-order valence-electron chi connectivity index (χ3n) is 2.32. The lowest BCUT2D eigenvalue weighted by Crippen LogP contribution is -2.32. The summed E-state index contributed by atoms with van der Waals surface area (Å²) in [5.74, 6) is 0.802. The monoisotopic (exact) mass is 258 g/mol. The molecule has 0 atom stereocenters. The Hall–Kier alpha value is -1.27. The van der Waals surface area contributed by atoms with Gasteiger partial charge in [0.1, 0.15) is 5.75 Å². The number of likely N-dealkylation sites (N-methyl/N-ethyl adjacent to an activating group) is 1. The highest BCUT2D eigenvalue weighted by Gasteiger charge is 2.03. The second-order valence-electron chi connectivity index (χ2n) is 3.79. The van der Waals surface area contributed by atoms with Crippen LogP contribution in [-0.4, -0.2) is 41.9 Å². The van der Waals surface area contributed by atoms with Crippen LogP contribution in [0, 0.1) is 0 Å². The molecule has 0 aliphatic heterocycles. The molecule has 1 aromatic carbocycles. The highest BCUT2D eigenvalue weighted by atomic mass is 32.2. The zero-order valence-corrected chi connectivity index (χ0v) is 11.1. The van der Waals surface area contributed by atoms with Gasteiger partial charge in [-0.15, -0.1) is 0 Å². The molecule has 0 unspecified atom stereocenters. The maximum absolute atomic E-state index is 10.9. The Kier molecular flexibility index (Phi) is 4.77. The number of ether oxygens (including phenoxy) is 1. The third kappa shape index (κ3) is 5.06. The molecular formula is C11H18N2O3S. The summed E-state index contributed by atoms with van der Waals surface area (Å²) in [4.78, 5) is 1.97. The Morgan fingerprint density at radius 1 is 1.29 bits per heavy atom. The number of hydrogen-bond acceptors (Lipinski definition) is 4. The van der Waals surface area contributed by atoms with Crippen molar-refractivity contribution in [3.05, 3.63) is 24.3 Å². The number of benzene rings is 1. The van der Waals surface area contributed by atoms with Crippen molar-refractivity contribution < 1.29 is 13.2 Å². The molecule has 0 amide bonds. The van der Waals surface area contributed by atoms with Crippen LogP contribution in [0.15, 0.2) is 24.3 Å². The van der Waals surface area contributed by atoms with Crippen molar-refractivity contribution in [3.8, 4) is 5.75 Å². The first-order valence-electron chi connectivity index (χ1n) is 5.22. The predicted molar refractivity (Wildman–Crippen MR) is 69.1 cm³/mol. The summed E-state index contributed by atoms with van der Waals surface area (Å²) in [5, 5.41) is 0. The Bertz CT molecular complexity index is 442. The van der Waals surface area contributed by atoms with Gasteiger partial charge < -0.3 is 9.64 Å². The average molecular weight is 258 g/mol. The molecule has 6 heteroatoms. The summed E-state index contributed by atoms with van der Waals surface area (Å²) in [6, 6.07) is 7.60. The quantitative estimate of drug-likeness (QED) is 0.815. The lowest BCUT2D eigenvalue weighted by atomic mass is 10.3. The van der Waals surface area contributed by atoms with E-state index in [1.165, 1.54) is 0 Å². The first-order chi connectivity index (χ1) is 7.92. The summed E-state index contributed by atoms with van der Waals surface area (Å²) < 4.78 is 29.3. The molecule has 0 fully saturated rings. The Balaban J connectivity index is 2.49. The highest BCUT2D eigenvalue weighted by molar-refractivity contribution is 7.88. The molecule has 0 radical (unpaired) electrons. The van der Waals surface area contributed by atoms with Crippen molar-refractivity contribution in [1.82, 2.24) is 4.72 Å². The van der Waals surface area contributed by atoms with Crippen LogP contribution in [0.2, 0.25) is 0 Å². The fraction of sp³-hybridized carbons (Fsp3) is 0.455. The standard InChI is InChI=1S/C11H18N2O3S/c1-13(9-8-12-17(3,14)15)10-4-6-11(16-2)7-5-10/h4-7,12H,8-9H2,1-3H3. The minimum Gasteiger partial charge on any atom is -0.497 e. The average Bonchev–Trinajstić information content (AvgIpc) is 2.27. The second-order valence-corrected chi connectivity index (χ2v) is 5.62. The molecule has 0 aliphatic carbocycles. The van der Waals surface area contributed by atoms with Gasteiger partial charge in [0.25, 0.3) is 0 Å². The zero-order valence-electron chi connectivity index (χ0n) is 10.3. The number of sulfonamides is 1. The van der Waals surface area contributed by atoms with Crippen LogP contribution in [0.4, 0.5) is 5.69 Å². The number of hydrogen-bond donors (Lipinski definition) is 1. The van der Waals surface area contributed by atoms with Gasteiger partial charge in [0.2, 0.25) is 10.0 Å². The normalized spacial score (nSPS) is 11.2. The fourth-order valence-electron chi connectivity index (χ4n) is 1.36. The molecule has 96 valence electrons. The van der Waals surface area contributed by atoms with Gasteiger partial charge in [-0.3, -0.25) is 0 Å². The van der Waals surface area contributed by atoms with Crippen LogP contribution in [0.5, 0.6) is 5.75 Å². The van der Waals surface area contributed by atoms with Crippen molar-refractivity contribution in [3.63, 3.8) is 0 Å². The minimum atomic E-state index is -3.11. The molecule has 0 saturated carbocycles. The summed E-state index contributed by atoms with van der Waals surface area (Å²) in [7, 11) is 0.419. The summed E-state index contributed by atoms with van der Waals surface area (Å²) in [6.07, 6.45) is 1.15. The van der Waals surface area contributed by atoms with Crippen LogP contribution in [0.1, 0.15) is 0 Å². The summed E-state index contributed by atoms with van der Waals surface area (Å²) in [5.41, 5.74) is 1.01. The van der Waals surface area contributed by atoms with E-state index in [1.807, 2.05) is 36.2 Å². The number of anilines is 1. The molecule has 1 N–H and O–H groups in total. The van der Waals surface area contributed by atoms with E-state index in [2.05, 4.69) is 4.72 Å². The minimum absolute atomic E-state index is 0.390. The van der Waals surface area contributed by atoms with Crippen LogP contribution in [-0.2, 0) is 10.0 Å². The van der Waals surface area contributed by atoms with Gasteiger partial charge in [-0.25, -0.2) is 13.1 Å². The van der Waals surface area contributed by atoms with Crippen molar-refractivity contribution in [2.75, 3.05) is 38.4 Å². The van der Waals surface area contributed by atoms with Crippen LogP contribution in [0.3, 0.4) is 0 Å². The Labute approximate surface area is 102 Å². The summed E-state index contributed by atoms with van der Waals surface area (Å²) in [6.45, 7) is 1.00. The Morgan fingerprint density at radius 3 is 2.35 bits per heavy atom. The lowest BCUT2D eigenvalue weighted by molar-refractivity contribution is 0.415. The molecule has 0 bridgehead atoms. The van der Waals surface area contributed by atoms with Gasteiger partial charge in [0, 0.05) is 25.8 Å². The topological polar surface area (TPSA) is 58.6 Å². The molecule has 0 spiro atoms. The number of methoxy groups -OCH3 is 1. The number of nitrogens with zero attached hydrogens (tertiary/aromatic N) is 1. The van der Waals surface area contributed by atoms with E-state index in [0.717, 1.165) is 17.7 Å². The lowest BCUT2D eigenvalue weighted by Gasteiger charge is -2.19. The smallest absolute Gasteiger partial charge is 0.208 e. The van der Waals surface area contributed by atoms with Gasteiger partial charge in [0.05, 0.1) is 13.4 Å². The summed E-state index contributed by atoms with van der Waals surface area (Å²) >= 11 is 0. The van der Waals surface area contributed by atoms with Crippen molar-refractivity contribution in [2.24, 2.45) is 0 Å². The van der Waals surface area contributed by atoms with Crippen LogP contribution < -0.4 is 14.4 Å². The van der Waals surface area contributed by atoms with E-state index in [0.29, 0.717) is 13.1 Å². The molecule has 0 heterocycles. The molecule has 17 heavy (non-hydrogen) atoms. The molecule has 0 aliphatic rings. The molecule has 1 rings (SSSR count). The highest BCUT2D eigenvalue weighted by Crippen LogP contribution is 2.17. The van der Waals surface area contributed by atoms with E-state index >= 15 is 0 Å². The van der Waals surface area contributed by atoms with Crippen molar-refractivity contribution >= 4 is 15.7 Å². The first-order valence-corrected chi connectivity index (χ1v) is 7.11. The van der Waals surface area contributed by atoms with Gasteiger partial charge in [-0.2, -0.15) is 0 Å². The van der Waals surface area contributed by atoms with E-state index in [4.69, 9.17) is 4.74 Å². The fourth-order valence-corrected chi connectivity index (χ4v) is 1.83. The molecule has 1 aromatic rings. The van der Waals surface area contributed by atoms with Crippen LogP contribution in [0.25, 0.3) is 0 Å². The maximum Gasteiger partial charge on any atom is 0.208 e. The largest absolute Gasteiger partial charge is 0.497 e. The van der Waals surface area contributed by atoms with E-state index in [-0.39, 0.29) is 0 Å². The van der Waals surface area contributed by atoms with Gasteiger partial charge >= 0.3 is 0 Å². The van der Waals surface area contributed by atoms with Crippen molar-refractivity contribution in [1.29, 1.82) is 0 Å². The maximum atomic E-state index is 10.9. The van der Waals surface area contributed by atoms with Crippen molar-refractivity contribution in [2.45, 2.75) is 0 Å². The predicted octanol–water partition coefficient (Wildman–Crippen LogP) is 0.681. The SMILES string of the molecule is COc1ccc(N(C)CCNS(C)(=O)=O)cc1. The second kappa shape index (κ2) is 5.88. The van der Waals surface area contributed by atoms with Gasteiger partial charge in [-0.05, 0) is 24.3 Å². The number of rotatable bonds is 6. The zero-order chi connectivity index (χ0) is 12.9. The molecular weight excluding hydrogens is 240 g/mol. The van der Waals surface area contributed by atoms with E-state index < -0.39 is 10.0 Å². The molecule has 5 nitrogen and oxygen atoms in total. The number of nitrogens with one attached hydrogen (secondary N) is 1. The Morgan fingerprint density at radius 2 is 1.88 bits per heavy atom. The first kappa shape index (κ1) is 13.8. The molecule has 0 aromatic heterocycles. The molecule has 0 saturated heterocycles. The van der Waals surface area contributed by atoms with E-state index in [9.17, 15) is 8.42 Å². The van der Waals surface area contributed by atoms with Crippen LogP contribution >= 0.6 is 0 Å². The van der Waals surface area contributed by atoms with Gasteiger partial charge in [-0.1, -0.05) is 0 Å². The third-order valence-corrected chi connectivity index (χ3v) is 3.05. The van der Waals surface area contributed by atoms with Gasteiger partial charge in [0.15, 0.2) is 0 Å². The van der Waals surface area contributed by atoms with E-state index in [1.54, 1.807) is 7.11 Å².